The smallest absolute Gasteiger partial charge is 0.255 e. The van der Waals surface area contributed by atoms with Gasteiger partial charge in [0.05, 0.1) is 6.61 Å². The minimum absolute atomic E-state index is 0.156. The van der Waals surface area contributed by atoms with Gasteiger partial charge in [0.15, 0.2) is 6.79 Å². The fraction of sp³-hybridized carbons (Fsp3) is 0.200. The van der Waals surface area contributed by atoms with E-state index in [-0.39, 0.29) is 12.7 Å². The maximum absolute atomic E-state index is 12.5. The first kappa shape index (κ1) is 16.4. The van der Waals surface area contributed by atoms with Gasteiger partial charge in [-0.2, -0.15) is 0 Å². The van der Waals surface area contributed by atoms with Crippen LogP contribution in [0.3, 0.4) is 0 Å². The summed E-state index contributed by atoms with van der Waals surface area (Å²) in [6, 6.07) is 13.2. The van der Waals surface area contributed by atoms with Gasteiger partial charge in [-0.25, -0.2) is 4.98 Å². The Morgan fingerprint density at radius 3 is 2.85 bits per heavy atom. The molecule has 0 saturated carbocycles. The predicted octanol–water partition coefficient (Wildman–Crippen LogP) is 3.36. The number of aryl methyl sites for hydroxylation is 1. The number of benzene rings is 2. The van der Waals surface area contributed by atoms with Crippen LogP contribution in [0.1, 0.15) is 27.3 Å². The molecule has 2 aromatic carbocycles. The number of imidazole rings is 1. The van der Waals surface area contributed by atoms with Crippen molar-refractivity contribution in [3.8, 4) is 5.75 Å². The number of carbonyl (C=O) groups is 1. The van der Waals surface area contributed by atoms with Gasteiger partial charge in [-0.3, -0.25) is 4.79 Å². The standard InChI is InChI=1S/C20H19N3O3/c1-14-21-8-9-23(14)11-15-2-5-18(6-3-15)22-20(24)16-4-7-19-17(10-16)12-25-13-26-19/h2-10H,11-13H2,1H3,(H,22,24). The van der Waals surface area contributed by atoms with Crippen molar-refractivity contribution in [1.82, 2.24) is 9.55 Å². The summed E-state index contributed by atoms with van der Waals surface area (Å²) >= 11 is 0. The molecule has 3 aromatic rings. The van der Waals surface area contributed by atoms with Crippen LogP contribution in [-0.2, 0) is 17.9 Å². The van der Waals surface area contributed by atoms with Crippen LogP contribution >= 0.6 is 0 Å². The van der Waals surface area contributed by atoms with Gasteiger partial charge in [0.25, 0.3) is 5.91 Å². The van der Waals surface area contributed by atoms with Crippen LogP contribution in [0.4, 0.5) is 5.69 Å². The number of anilines is 1. The SMILES string of the molecule is Cc1nccn1Cc1ccc(NC(=O)c2ccc3c(c2)COCO3)cc1. The second kappa shape index (κ2) is 7.01. The number of fused-ring (bicyclic) bond motifs is 1. The molecule has 0 spiro atoms. The molecule has 4 rings (SSSR count). The molecule has 132 valence electrons. The highest BCUT2D eigenvalue weighted by Crippen LogP contribution is 2.25. The Kier molecular flexibility index (Phi) is 4.41. The topological polar surface area (TPSA) is 65.4 Å². The largest absolute Gasteiger partial charge is 0.467 e. The van der Waals surface area contributed by atoms with Crippen molar-refractivity contribution >= 4 is 11.6 Å². The first-order valence-corrected chi connectivity index (χ1v) is 8.40. The van der Waals surface area contributed by atoms with Gasteiger partial charge >= 0.3 is 0 Å². The van der Waals surface area contributed by atoms with Crippen LogP contribution in [-0.4, -0.2) is 22.3 Å². The summed E-state index contributed by atoms with van der Waals surface area (Å²) in [5.74, 6) is 1.59. The van der Waals surface area contributed by atoms with Crippen molar-refractivity contribution in [2.24, 2.45) is 0 Å². The number of ether oxygens (including phenoxy) is 2. The van der Waals surface area contributed by atoms with Crippen LogP contribution in [0.25, 0.3) is 0 Å². The molecular weight excluding hydrogens is 330 g/mol. The highest BCUT2D eigenvalue weighted by Gasteiger charge is 2.14. The maximum atomic E-state index is 12.5. The van der Waals surface area contributed by atoms with Gasteiger partial charge in [-0.1, -0.05) is 12.1 Å². The maximum Gasteiger partial charge on any atom is 0.255 e. The van der Waals surface area contributed by atoms with Crippen LogP contribution in [0.5, 0.6) is 5.75 Å². The van der Waals surface area contributed by atoms with E-state index in [0.29, 0.717) is 12.2 Å². The quantitative estimate of drug-likeness (QED) is 0.784. The van der Waals surface area contributed by atoms with Gasteiger partial charge in [-0.15, -0.1) is 0 Å². The van der Waals surface area contributed by atoms with Crippen molar-refractivity contribution in [1.29, 1.82) is 0 Å². The number of carbonyl (C=O) groups excluding carboxylic acids is 1. The molecule has 0 unspecified atom stereocenters. The summed E-state index contributed by atoms with van der Waals surface area (Å²) in [5.41, 5.74) is 3.37. The lowest BCUT2D eigenvalue weighted by Gasteiger charge is -2.18. The molecule has 0 saturated heterocycles. The Balaban J connectivity index is 1.43. The van der Waals surface area contributed by atoms with E-state index in [1.54, 1.807) is 18.3 Å². The third-order valence-electron chi connectivity index (χ3n) is 4.37. The molecule has 0 fully saturated rings. The van der Waals surface area contributed by atoms with Crippen LogP contribution in [0, 0.1) is 6.92 Å². The first-order valence-electron chi connectivity index (χ1n) is 8.40. The fourth-order valence-electron chi connectivity index (χ4n) is 2.90. The summed E-state index contributed by atoms with van der Waals surface area (Å²) in [4.78, 5) is 16.7. The van der Waals surface area contributed by atoms with Crippen molar-refractivity contribution in [2.75, 3.05) is 12.1 Å². The highest BCUT2D eigenvalue weighted by molar-refractivity contribution is 6.04. The molecule has 0 radical (unpaired) electrons. The van der Waals surface area contributed by atoms with Crippen molar-refractivity contribution in [2.45, 2.75) is 20.1 Å². The Labute approximate surface area is 151 Å². The third kappa shape index (κ3) is 3.45. The average Bonchev–Trinajstić information content (AvgIpc) is 3.07. The fourth-order valence-corrected chi connectivity index (χ4v) is 2.90. The lowest BCUT2D eigenvalue weighted by atomic mass is 10.1. The van der Waals surface area contributed by atoms with Gasteiger partial charge in [-0.05, 0) is 42.8 Å². The lowest BCUT2D eigenvalue weighted by molar-refractivity contribution is -0.0163. The minimum atomic E-state index is -0.156. The molecule has 1 amide bonds. The van der Waals surface area contributed by atoms with Gasteiger partial charge in [0, 0.05) is 35.8 Å². The summed E-state index contributed by atoms with van der Waals surface area (Å²) < 4.78 is 12.7. The Hall–Kier alpha value is -3.12. The third-order valence-corrected chi connectivity index (χ3v) is 4.37. The van der Waals surface area contributed by atoms with Gasteiger partial charge in [0.1, 0.15) is 11.6 Å². The Bertz CT molecular complexity index is 932. The van der Waals surface area contributed by atoms with E-state index in [0.717, 1.165) is 34.9 Å². The number of nitrogens with one attached hydrogen (secondary N) is 1. The summed E-state index contributed by atoms with van der Waals surface area (Å²) in [7, 11) is 0. The van der Waals surface area contributed by atoms with Crippen molar-refractivity contribution in [3.05, 3.63) is 77.4 Å². The number of hydrogen-bond donors (Lipinski definition) is 1. The zero-order valence-corrected chi connectivity index (χ0v) is 14.4. The van der Waals surface area contributed by atoms with E-state index < -0.39 is 0 Å². The van der Waals surface area contributed by atoms with Crippen LogP contribution in [0.15, 0.2) is 54.9 Å². The Morgan fingerprint density at radius 1 is 1.23 bits per heavy atom. The molecule has 0 bridgehead atoms. The molecule has 1 aliphatic rings. The second-order valence-electron chi connectivity index (χ2n) is 6.19. The normalized spacial score (nSPS) is 13.0. The monoisotopic (exact) mass is 349 g/mol. The molecular formula is C20H19N3O3. The van der Waals surface area contributed by atoms with Crippen molar-refractivity contribution in [3.63, 3.8) is 0 Å². The van der Waals surface area contributed by atoms with Gasteiger partial charge < -0.3 is 19.4 Å². The number of amides is 1. The molecule has 1 aromatic heterocycles. The molecule has 26 heavy (non-hydrogen) atoms. The number of nitrogens with zero attached hydrogens (tertiary/aromatic N) is 2. The van der Waals surface area contributed by atoms with E-state index in [1.807, 2.05) is 43.5 Å². The predicted molar refractivity (Wildman–Crippen MR) is 97.2 cm³/mol. The molecule has 2 heterocycles. The molecule has 1 N–H and O–H groups in total. The number of aromatic nitrogens is 2. The zero-order chi connectivity index (χ0) is 17.9. The minimum Gasteiger partial charge on any atom is -0.467 e. The lowest BCUT2D eigenvalue weighted by Crippen LogP contribution is -2.15. The summed E-state index contributed by atoms with van der Waals surface area (Å²) in [5, 5.41) is 2.92. The highest BCUT2D eigenvalue weighted by atomic mass is 16.7. The van der Waals surface area contributed by atoms with E-state index in [4.69, 9.17) is 9.47 Å². The number of hydrogen-bond acceptors (Lipinski definition) is 4. The molecule has 6 nitrogen and oxygen atoms in total. The van der Waals surface area contributed by atoms with E-state index in [1.165, 1.54) is 0 Å². The van der Waals surface area contributed by atoms with Gasteiger partial charge in [0.2, 0.25) is 0 Å². The van der Waals surface area contributed by atoms with E-state index in [2.05, 4.69) is 14.9 Å². The van der Waals surface area contributed by atoms with E-state index >= 15 is 0 Å². The van der Waals surface area contributed by atoms with Crippen molar-refractivity contribution < 1.29 is 14.3 Å². The molecule has 1 aliphatic heterocycles. The summed E-state index contributed by atoms with van der Waals surface area (Å²) in [6.45, 7) is 3.44. The average molecular weight is 349 g/mol. The molecule has 0 aliphatic carbocycles. The molecule has 0 atom stereocenters. The van der Waals surface area contributed by atoms with Crippen LogP contribution < -0.4 is 10.1 Å². The number of rotatable bonds is 4. The molecule has 6 heteroatoms. The zero-order valence-electron chi connectivity index (χ0n) is 14.4. The second-order valence-corrected chi connectivity index (χ2v) is 6.19. The Morgan fingerprint density at radius 2 is 2.08 bits per heavy atom. The van der Waals surface area contributed by atoms with Crippen LogP contribution in [0.2, 0.25) is 0 Å². The first-order chi connectivity index (χ1) is 12.7. The summed E-state index contributed by atoms with van der Waals surface area (Å²) in [6.07, 6.45) is 3.74. The van der Waals surface area contributed by atoms with E-state index in [9.17, 15) is 4.79 Å².